The molecule has 2 nitrogen and oxygen atoms in total. The van der Waals surface area contributed by atoms with Gasteiger partial charge in [0.2, 0.25) is 0 Å². The number of alkyl halides is 3. The molecule has 1 atom stereocenters. The van der Waals surface area contributed by atoms with Crippen LogP contribution in [0.2, 0.25) is 0 Å². The van der Waals surface area contributed by atoms with E-state index in [4.69, 9.17) is 0 Å². The van der Waals surface area contributed by atoms with Crippen molar-refractivity contribution in [3.8, 4) is 0 Å². The van der Waals surface area contributed by atoms with Crippen molar-refractivity contribution >= 4 is 5.69 Å². The largest absolute Gasteiger partial charge is 0.416 e. The van der Waals surface area contributed by atoms with E-state index in [2.05, 4.69) is 5.32 Å². The van der Waals surface area contributed by atoms with Gasteiger partial charge in [0.1, 0.15) is 0 Å². The SMILES string of the molecule is Cc1cc(N2CCN[C@@H](C)C2)cc(C(F)(F)F)c1. The van der Waals surface area contributed by atoms with Gasteiger partial charge in [0, 0.05) is 31.4 Å². The van der Waals surface area contributed by atoms with Gasteiger partial charge < -0.3 is 10.2 Å². The lowest BCUT2D eigenvalue weighted by atomic mass is 10.1. The molecule has 2 rings (SSSR count). The van der Waals surface area contributed by atoms with Gasteiger partial charge in [-0.15, -0.1) is 0 Å². The van der Waals surface area contributed by atoms with Crippen molar-refractivity contribution in [1.82, 2.24) is 5.32 Å². The molecule has 0 bridgehead atoms. The maximum absolute atomic E-state index is 12.8. The van der Waals surface area contributed by atoms with Crippen LogP contribution in [0.1, 0.15) is 18.1 Å². The topological polar surface area (TPSA) is 15.3 Å². The fourth-order valence-electron chi connectivity index (χ4n) is 2.28. The maximum atomic E-state index is 12.8. The van der Waals surface area contributed by atoms with Gasteiger partial charge in [-0.2, -0.15) is 13.2 Å². The molecule has 1 saturated heterocycles. The summed E-state index contributed by atoms with van der Waals surface area (Å²) >= 11 is 0. The molecule has 1 heterocycles. The van der Waals surface area contributed by atoms with E-state index < -0.39 is 11.7 Å². The van der Waals surface area contributed by atoms with Crippen LogP contribution in [0.5, 0.6) is 0 Å². The third-order valence-corrected chi connectivity index (χ3v) is 3.12. The zero-order valence-electron chi connectivity index (χ0n) is 10.5. The van der Waals surface area contributed by atoms with Gasteiger partial charge in [-0.1, -0.05) is 0 Å². The standard InChI is InChI=1S/C13H17F3N2/c1-9-5-11(13(14,15)16)7-12(6-9)18-4-3-17-10(2)8-18/h5-7,10,17H,3-4,8H2,1-2H3/t10-/m0/s1. The third kappa shape index (κ3) is 2.96. The van der Waals surface area contributed by atoms with Gasteiger partial charge in [0.05, 0.1) is 5.56 Å². The summed E-state index contributed by atoms with van der Waals surface area (Å²) in [6, 6.07) is 4.54. The molecule has 18 heavy (non-hydrogen) atoms. The Bertz CT molecular complexity index is 429. The van der Waals surface area contributed by atoms with Crippen molar-refractivity contribution < 1.29 is 13.2 Å². The van der Waals surface area contributed by atoms with Crippen LogP contribution in [-0.2, 0) is 6.18 Å². The van der Waals surface area contributed by atoms with Crippen LogP contribution >= 0.6 is 0 Å². The first-order chi connectivity index (χ1) is 8.36. The fourth-order valence-corrected chi connectivity index (χ4v) is 2.28. The van der Waals surface area contributed by atoms with Gasteiger partial charge in [-0.25, -0.2) is 0 Å². The number of anilines is 1. The zero-order valence-corrected chi connectivity index (χ0v) is 10.5. The number of nitrogens with zero attached hydrogens (tertiary/aromatic N) is 1. The highest BCUT2D eigenvalue weighted by molar-refractivity contribution is 5.52. The summed E-state index contributed by atoms with van der Waals surface area (Å²) in [5.74, 6) is 0. The van der Waals surface area contributed by atoms with E-state index in [-0.39, 0.29) is 0 Å². The van der Waals surface area contributed by atoms with Crippen molar-refractivity contribution in [2.45, 2.75) is 26.1 Å². The Morgan fingerprint density at radius 2 is 2.00 bits per heavy atom. The molecule has 0 saturated carbocycles. The lowest BCUT2D eigenvalue weighted by Crippen LogP contribution is -2.49. The molecule has 1 aliphatic rings. The van der Waals surface area contributed by atoms with E-state index in [9.17, 15) is 13.2 Å². The lowest BCUT2D eigenvalue weighted by molar-refractivity contribution is -0.137. The Hall–Kier alpha value is -1.23. The Kier molecular flexibility index (Phi) is 3.52. The highest BCUT2D eigenvalue weighted by Crippen LogP contribution is 2.33. The molecular formula is C13H17F3N2. The monoisotopic (exact) mass is 258 g/mol. The van der Waals surface area contributed by atoms with E-state index in [0.29, 0.717) is 17.3 Å². The second kappa shape index (κ2) is 4.80. The summed E-state index contributed by atoms with van der Waals surface area (Å²) < 4.78 is 38.3. The second-order valence-corrected chi connectivity index (χ2v) is 4.86. The molecule has 0 spiro atoms. The van der Waals surface area contributed by atoms with Gasteiger partial charge in [0.25, 0.3) is 0 Å². The predicted octanol–water partition coefficient (Wildman–Crippen LogP) is 2.81. The highest BCUT2D eigenvalue weighted by atomic mass is 19.4. The molecule has 0 aliphatic carbocycles. The minimum Gasteiger partial charge on any atom is -0.369 e. The van der Waals surface area contributed by atoms with Crippen molar-refractivity contribution in [2.24, 2.45) is 0 Å². The summed E-state index contributed by atoms with van der Waals surface area (Å²) in [6.45, 7) is 6.01. The normalized spacial score (nSPS) is 21.2. The van der Waals surface area contributed by atoms with E-state index in [0.717, 1.165) is 19.6 Å². The number of benzene rings is 1. The number of hydrogen-bond acceptors (Lipinski definition) is 2. The molecule has 1 aromatic rings. The van der Waals surface area contributed by atoms with Crippen LogP contribution in [-0.4, -0.2) is 25.7 Å². The second-order valence-electron chi connectivity index (χ2n) is 4.86. The van der Waals surface area contributed by atoms with Crippen molar-refractivity contribution in [1.29, 1.82) is 0 Å². The summed E-state index contributed by atoms with van der Waals surface area (Å²) in [7, 11) is 0. The van der Waals surface area contributed by atoms with E-state index in [1.54, 1.807) is 6.92 Å². The number of halogens is 3. The van der Waals surface area contributed by atoms with E-state index in [1.807, 2.05) is 17.9 Å². The molecular weight excluding hydrogens is 241 g/mol. The van der Waals surface area contributed by atoms with Gasteiger partial charge >= 0.3 is 6.18 Å². The molecule has 1 aromatic carbocycles. The van der Waals surface area contributed by atoms with Gasteiger partial charge in [-0.05, 0) is 37.6 Å². The Balaban J connectivity index is 2.30. The molecule has 0 amide bonds. The molecule has 1 fully saturated rings. The first-order valence-electron chi connectivity index (χ1n) is 6.03. The number of piperazine rings is 1. The van der Waals surface area contributed by atoms with Crippen molar-refractivity contribution in [3.05, 3.63) is 29.3 Å². The van der Waals surface area contributed by atoms with E-state index >= 15 is 0 Å². The average Bonchev–Trinajstić information content (AvgIpc) is 2.27. The first kappa shape index (κ1) is 13.2. The molecule has 1 aliphatic heterocycles. The Morgan fingerprint density at radius 3 is 2.61 bits per heavy atom. The van der Waals surface area contributed by atoms with Crippen LogP contribution in [0, 0.1) is 6.92 Å². The summed E-state index contributed by atoms with van der Waals surface area (Å²) in [5.41, 5.74) is 0.741. The van der Waals surface area contributed by atoms with Gasteiger partial charge in [-0.3, -0.25) is 0 Å². The maximum Gasteiger partial charge on any atom is 0.416 e. The molecule has 0 aromatic heterocycles. The van der Waals surface area contributed by atoms with Crippen LogP contribution in [0.3, 0.4) is 0 Å². The molecule has 1 N–H and O–H groups in total. The molecule has 5 heteroatoms. The first-order valence-corrected chi connectivity index (χ1v) is 6.03. The predicted molar refractivity (Wildman–Crippen MR) is 65.9 cm³/mol. The zero-order chi connectivity index (χ0) is 13.3. The smallest absolute Gasteiger partial charge is 0.369 e. The Labute approximate surface area is 105 Å². The van der Waals surface area contributed by atoms with Crippen LogP contribution in [0.25, 0.3) is 0 Å². The number of rotatable bonds is 1. The number of nitrogens with one attached hydrogen (secondary N) is 1. The molecule has 0 unspecified atom stereocenters. The van der Waals surface area contributed by atoms with Crippen molar-refractivity contribution in [3.63, 3.8) is 0 Å². The number of hydrogen-bond donors (Lipinski definition) is 1. The third-order valence-electron chi connectivity index (χ3n) is 3.12. The molecule has 0 radical (unpaired) electrons. The minimum absolute atomic E-state index is 0.300. The average molecular weight is 258 g/mol. The Morgan fingerprint density at radius 1 is 1.28 bits per heavy atom. The van der Waals surface area contributed by atoms with Crippen LogP contribution in [0.4, 0.5) is 18.9 Å². The number of aryl methyl sites for hydroxylation is 1. The lowest BCUT2D eigenvalue weighted by Gasteiger charge is -2.34. The fraction of sp³-hybridized carbons (Fsp3) is 0.538. The van der Waals surface area contributed by atoms with Gasteiger partial charge in [0.15, 0.2) is 0 Å². The summed E-state index contributed by atoms with van der Waals surface area (Å²) in [4.78, 5) is 2.00. The van der Waals surface area contributed by atoms with E-state index in [1.165, 1.54) is 12.1 Å². The highest BCUT2D eigenvalue weighted by Gasteiger charge is 2.31. The summed E-state index contributed by atoms with van der Waals surface area (Å²) in [6.07, 6.45) is -4.28. The quantitative estimate of drug-likeness (QED) is 0.833. The minimum atomic E-state index is -4.28. The van der Waals surface area contributed by atoms with Crippen molar-refractivity contribution in [2.75, 3.05) is 24.5 Å². The molecule has 100 valence electrons. The van der Waals surface area contributed by atoms with Crippen LogP contribution < -0.4 is 10.2 Å². The van der Waals surface area contributed by atoms with Crippen LogP contribution in [0.15, 0.2) is 18.2 Å². The summed E-state index contributed by atoms with van der Waals surface area (Å²) in [5, 5.41) is 3.28.